The maximum absolute atomic E-state index is 14.6. The average Bonchev–Trinajstić information content (AvgIpc) is 3.19. The molecule has 2 fully saturated rings. The smallest absolute Gasteiger partial charge is 0.324 e. The quantitative estimate of drug-likeness (QED) is 0.524. The molecule has 1 aromatic heterocycles. The molecular formula is C26H26ClFN4O3. The molecule has 2 aliphatic heterocycles. The van der Waals surface area contributed by atoms with Gasteiger partial charge in [0.25, 0.3) is 0 Å². The molecule has 0 atom stereocenters. The van der Waals surface area contributed by atoms with Gasteiger partial charge in [0.05, 0.1) is 10.7 Å². The number of urea groups is 1. The summed E-state index contributed by atoms with van der Waals surface area (Å²) < 4.78 is 20.6. The molecule has 0 aliphatic carbocycles. The van der Waals surface area contributed by atoms with Gasteiger partial charge in [-0.2, -0.15) is 0 Å². The number of hydrogen-bond donors (Lipinski definition) is 2. The third-order valence-corrected chi connectivity index (χ3v) is 6.76. The van der Waals surface area contributed by atoms with Gasteiger partial charge in [-0.05, 0) is 61.8 Å². The Morgan fingerprint density at radius 3 is 2.43 bits per heavy atom. The molecule has 0 spiro atoms. The lowest BCUT2D eigenvalue weighted by molar-refractivity contribution is 0.156. The maximum atomic E-state index is 14.6. The van der Waals surface area contributed by atoms with Crippen molar-refractivity contribution >= 4 is 23.3 Å². The van der Waals surface area contributed by atoms with Crippen LogP contribution in [0, 0.1) is 5.82 Å². The predicted molar refractivity (Wildman–Crippen MR) is 134 cm³/mol. The highest BCUT2D eigenvalue weighted by atomic mass is 35.5. The topological polar surface area (TPSA) is 77.9 Å². The van der Waals surface area contributed by atoms with E-state index in [9.17, 15) is 14.3 Å². The van der Waals surface area contributed by atoms with E-state index in [2.05, 4.69) is 10.3 Å². The van der Waals surface area contributed by atoms with Crippen LogP contribution >= 0.6 is 11.6 Å². The van der Waals surface area contributed by atoms with E-state index in [1.54, 1.807) is 53.4 Å². The Morgan fingerprint density at radius 2 is 1.80 bits per heavy atom. The SMILES string of the molecule is CN1CCN(c2ccc(-c3cc(F)cc(-c4ccc(OC5CCNCC5)nc4)c3O)cc2Cl)C1=O. The van der Waals surface area contributed by atoms with Gasteiger partial charge in [-0.3, -0.25) is 4.90 Å². The van der Waals surface area contributed by atoms with Crippen molar-refractivity contribution < 1.29 is 19.0 Å². The van der Waals surface area contributed by atoms with Crippen LogP contribution in [0.15, 0.2) is 48.7 Å². The number of benzene rings is 2. The minimum absolute atomic E-state index is 0.0824. The highest BCUT2D eigenvalue weighted by Crippen LogP contribution is 2.41. The normalized spacial score (nSPS) is 16.7. The summed E-state index contributed by atoms with van der Waals surface area (Å²) in [5, 5.41) is 14.7. The molecule has 2 aliphatic rings. The Labute approximate surface area is 208 Å². The van der Waals surface area contributed by atoms with Crippen LogP contribution in [0.2, 0.25) is 5.02 Å². The van der Waals surface area contributed by atoms with E-state index in [0.717, 1.165) is 25.9 Å². The first-order chi connectivity index (χ1) is 16.9. The summed E-state index contributed by atoms with van der Waals surface area (Å²) >= 11 is 6.50. The molecular weight excluding hydrogens is 471 g/mol. The van der Waals surface area contributed by atoms with Crippen molar-refractivity contribution in [3.05, 3.63) is 59.5 Å². The van der Waals surface area contributed by atoms with Crippen LogP contribution in [0.25, 0.3) is 22.3 Å². The van der Waals surface area contributed by atoms with E-state index in [0.29, 0.717) is 51.9 Å². The van der Waals surface area contributed by atoms with Gasteiger partial charge in [-0.25, -0.2) is 14.2 Å². The number of phenolic OH excluding ortho intramolecular Hbond substituents is 1. The lowest BCUT2D eigenvalue weighted by atomic mass is 9.97. The van der Waals surface area contributed by atoms with Crippen LogP contribution in [-0.4, -0.2) is 60.4 Å². The summed E-state index contributed by atoms with van der Waals surface area (Å²) in [6, 6.07) is 11.0. The van der Waals surface area contributed by atoms with Crippen molar-refractivity contribution in [3.63, 3.8) is 0 Å². The average molecular weight is 497 g/mol. The van der Waals surface area contributed by atoms with Crippen molar-refractivity contribution in [2.75, 3.05) is 38.1 Å². The van der Waals surface area contributed by atoms with E-state index in [1.807, 2.05) is 0 Å². The van der Waals surface area contributed by atoms with E-state index >= 15 is 0 Å². The molecule has 0 saturated carbocycles. The second-order valence-corrected chi connectivity index (χ2v) is 9.23. The molecule has 0 bridgehead atoms. The number of amides is 2. The molecule has 0 radical (unpaired) electrons. The molecule has 182 valence electrons. The summed E-state index contributed by atoms with van der Waals surface area (Å²) in [4.78, 5) is 19.9. The Kier molecular flexibility index (Phi) is 6.49. The number of aromatic hydroxyl groups is 1. The predicted octanol–water partition coefficient (Wildman–Crippen LogP) is 4.92. The maximum Gasteiger partial charge on any atom is 0.324 e. The zero-order valence-electron chi connectivity index (χ0n) is 19.3. The number of phenols is 1. The number of nitrogens with one attached hydrogen (secondary N) is 1. The van der Waals surface area contributed by atoms with Crippen molar-refractivity contribution in [1.82, 2.24) is 15.2 Å². The van der Waals surface area contributed by atoms with Crippen LogP contribution < -0.4 is 15.0 Å². The number of likely N-dealkylation sites (N-methyl/N-ethyl adjacent to an activating group) is 1. The van der Waals surface area contributed by atoms with E-state index < -0.39 is 5.82 Å². The van der Waals surface area contributed by atoms with Gasteiger partial charge in [-0.1, -0.05) is 17.7 Å². The number of carbonyl (C=O) groups excluding carboxylic acids is 1. The number of piperidine rings is 1. The van der Waals surface area contributed by atoms with Crippen LogP contribution in [-0.2, 0) is 0 Å². The Bertz CT molecular complexity index is 1250. The number of carbonyl (C=O) groups is 1. The standard InChI is InChI=1S/C26H26ClFN4O3/c1-31-10-11-32(26(31)34)23-4-2-16(12-22(23)27)20-13-18(28)14-21(25(20)33)17-3-5-24(30-15-17)35-19-6-8-29-9-7-19/h2-5,12-15,19,29,33H,6-11H2,1H3. The van der Waals surface area contributed by atoms with E-state index in [-0.39, 0.29) is 17.9 Å². The minimum atomic E-state index is -0.501. The second-order valence-electron chi connectivity index (χ2n) is 8.82. The lowest BCUT2D eigenvalue weighted by Gasteiger charge is -2.23. The fourth-order valence-electron chi connectivity index (χ4n) is 4.50. The van der Waals surface area contributed by atoms with Gasteiger partial charge < -0.3 is 20.1 Å². The van der Waals surface area contributed by atoms with Gasteiger partial charge in [0.15, 0.2) is 0 Å². The van der Waals surface area contributed by atoms with Crippen LogP contribution in [0.5, 0.6) is 11.6 Å². The first kappa shape index (κ1) is 23.4. The zero-order valence-corrected chi connectivity index (χ0v) is 20.1. The first-order valence-electron chi connectivity index (χ1n) is 11.6. The van der Waals surface area contributed by atoms with Gasteiger partial charge in [0.2, 0.25) is 5.88 Å². The second kappa shape index (κ2) is 9.71. The Hall–Kier alpha value is -3.36. The van der Waals surface area contributed by atoms with Gasteiger partial charge >= 0.3 is 6.03 Å². The molecule has 3 aromatic rings. The van der Waals surface area contributed by atoms with Crippen molar-refractivity contribution in [1.29, 1.82) is 0 Å². The summed E-state index contributed by atoms with van der Waals surface area (Å²) in [6.45, 7) is 2.98. The molecule has 2 saturated heterocycles. The number of anilines is 1. The number of rotatable bonds is 5. The zero-order chi connectivity index (χ0) is 24.5. The number of aromatic nitrogens is 1. The summed E-state index contributed by atoms with van der Waals surface area (Å²) in [6.07, 6.45) is 3.52. The monoisotopic (exact) mass is 496 g/mol. The Balaban J connectivity index is 1.42. The van der Waals surface area contributed by atoms with Gasteiger partial charge in [-0.15, -0.1) is 0 Å². The molecule has 3 heterocycles. The molecule has 2 N–H and O–H groups in total. The van der Waals surface area contributed by atoms with Crippen LogP contribution in [0.3, 0.4) is 0 Å². The molecule has 7 nitrogen and oxygen atoms in total. The number of pyridine rings is 1. The first-order valence-corrected chi connectivity index (χ1v) is 12.0. The number of ether oxygens (including phenoxy) is 1. The van der Waals surface area contributed by atoms with E-state index in [1.165, 1.54) is 12.1 Å². The van der Waals surface area contributed by atoms with Crippen molar-refractivity contribution in [3.8, 4) is 33.9 Å². The van der Waals surface area contributed by atoms with Gasteiger partial charge in [0, 0.05) is 49.1 Å². The van der Waals surface area contributed by atoms with Crippen LogP contribution in [0.1, 0.15) is 12.8 Å². The summed E-state index contributed by atoms with van der Waals surface area (Å²) in [5.41, 5.74) is 2.30. The fraction of sp³-hybridized carbons (Fsp3) is 0.308. The largest absolute Gasteiger partial charge is 0.507 e. The molecule has 2 amide bonds. The van der Waals surface area contributed by atoms with Crippen LogP contribution in [0.4, 0.5) is 14.9 Å². The van der Waals surface area contributed by atoms with Crippen molar-refractivity contribution in [2.45, 2.75) is 18.9 Å². The molecule has 35 heavy (non-hydrogen) atoms. The lowest BCUT2D eigenvalue weighted by Crippen LogP contribution is -2.34. The fourth-order valence-corrected chi connectivity index (χ4v) is 4.78. The van der Waals surface area contributed by atoms with Crippen molar-refractivity contribution in [2.24, 2.45) is 0 Å². The minimum Gasteiger partial charge on any atom is -0.507 e. The Morgan fingerprint density at radius 1 is 1.09 bits per heavy atom. The third kappa shape index (κ3) is 4.76. The molecule has 5 rings (SSSR count). The highest BCUT2D eigenvalue weighted by molar-refractivity contribution is 6.34. The summed E-state index contributed by atoms with van der Waals surface area (Å²) in [5.74, 6) is -0.0818. The van der Waals surface area contributed by atoms with Gasteiger partial charge in [0.1, 0.15) is 17.7 Å². The third-order valence-electron chi connectivity index (χ3n) is 6.46. The number of nitrogens with zero attached hydrogens (tertiary/aromatic N) is 3. The van der Waals surface area contributed by atoms with E-state index in [4.69, 9.17) is 16.3 Å². The highest BCUT2D eigenvalue weighted by Gasteiger charge is 2.28. The molecule has 9 heteroatoms. The molecule has 0 unspecified atom stereocenters. The number of hydrogen-bond acceptors (Lipinski definition) is 5. The molecule has 2 aromatic carbocycles. The number of halogens is 2. The summed E-state index contributed by atoms with van der Waals surface area (Å²) in [7, 11) is 1.73.